The van der Waals surface area contributed by atoms with Gasteiger partial charge in [0.05, 0.1) is 10.2 Å². The summed E-state index contributed by atoms with van der Waals surface area (Å²) in [4.78, 5) is 1.03. The van der Waals surface area contributed by atoms with E-state index in [1.807, 2.05) is 0 Å². The Morgan fingerprint density at radius 2 is 2.07 bits per heavy atom. The molecule has 1 aliphatic rings. The lowest BCUT2D eigenvalue weighted by Gasteiger charge is -1.94. The van der Waals surface area contributed by atoms with Gasteiger partial charge in [-0.15, -0.1) is 10.2 Å². The van der Waals surface area contributed by atoms with Gasteiger partial charge >= 0.3 is 0 Å². The molecule has 2 heterocycles. The number of para-hydroxylation sites is 1. The Labute approximate surface area is 90.4 Å². The minimum Gasteiger partial charge on any atom is -0.269 e. The maximum Gasteiger partial charge on any atom is 0.217 e. The minimum atomic E-state index is 0.651. The molecular weight excluding hydrogens is 206 g/mol. The summed E-state index contributed by atoms with van der Waals surface area (Å²) in [6, 6.07) is 8.44. The van der Waals surface area contributed by atoms with Crippen LogP contribution in [0.5, 0.6) is 0 Å². The average molecular weight is 215 g/mol. The quantitative estimate of drug-likeness (QED) is 0.624. The molecule has 3 aromatic rings. The smallest absolute Gasteiger partial charge is 0.217 e. The number of hydrogen-bond donors (Lipinski definition) is 0. The van der Waals surface area contributed by atoms with Gasteiger partial charge in [-0.2, -0.15) is 0 Å². The molecule has 0 aliphatic heterocycles. The van der Waals surface area contributed by atoms with Crippen molar-refractivity contribution in [1.82, 2.24) is 14.6 Å². The molecule has 1 fully saturated rings. The van der Waals surface area contributed by atoms with Crippen LogP contribution in [0.4, 0.5) is 0 Å². The predicted octanol–water partition coefficient (Wildman–Crippen LogP) is 2.82. The number of fused-ring (bicyclic) bond motifs is 3. The van der Waals surface area contributed by atoms with Gasteiger partial charge < -0.3 is 0 Å². The van der Waals surface area contributed by atoms with Gasteiger partial charge in [-0.25, -0.2) is 0 Å². The Kier molecular flexibility index (Phi) is 1.34. The minimum absolute atomic E-state index is 0.651. The van der Waals surface area contributed by atoms with Gasteiger partial charge in [0.2, 0.25) is 4.96 Å². The summed E-state index contributed by atoms with van der Waals surface area (Å²) in [6.45, 7) is 0. The number of thiazole rings is 1. The molecular formula is C11H9N3S. The molecule has 1 aliphatic carbocycles. The third-order valence-electron chi connectivity index (χ3n) is 2.91. The lowest BCUT2D eigenvalue weighted by atomic mass is 10.3. The van der Waals surface area contributed by atoms with E-state index in [2.05, 4.69) is 38.9 Å². The Hall–Kier alpha value is -1.42. The molecule has 0 atom stereocenters. The van der Waals surface area contributed by atoms with E-state index in [9.17, 15) is 0 Å². The molecule has 4 rings (SSSR count). The number of hydrogen-bond acceptors (Lipinski definition) is 3. The summed E-state index contributed by atoms with van der Waals surface area (Å²) in [5, 5.41) is 8.54. The lowest BCUT2D eigenvalue weighted by molar-refractivity contribution is 0.911. The Balaban J connectivity index is 2.19. The van der Waals surface area contributed by atoms with Crippen LogP contribution in [0.1, 0.15) is 24.6 Å². The second-order valence-corrected chi connectivity index (χ2v) is 5.03. The van der Waals surface area contributed by atoms with E-state index in [4.69, 9.17) is 0 Å². The fourth-order valence-corrected chi connectivity index (χ4v) is 2.98. The summed E-state index contributed by atoms with van der Waals surface area (Å²) >= 11 is 1.72. The maximum absolute atomic E-state index is 4.29. The van der Waals surface area contributed by atoms with Crippen molar-refractivity contribution in [1.29, 1.82) is 0 Å². The maximum atomic E-state index is 4.29. The van der Waals surface area contributed by atoms with E-state index >= 15 is 0 Å². The molecule has 0 N–H and O–H groups in total. The van der Waals surface area contributed by atoms with Crippen LogP contribution < -0.4 is 0 Å². The van der Waals surface area contributed by atoms with Crippen molar-refractivity contribution < 1.29 is 0 Å². The Bertz CT molecular complexity index is 648. The van der Waals surface area contributed by atoms with Crippen LogP contribution in [0.25, 0.3) is 15.2 Å². The van der Waals surface area contributed by atoms with Crippen molar-refractivity contribution in [2.24, 2.45) is 0 Å². The molecule has 2 aromatic heterocycles. The van der Waals surface area contributed by atoms with E-state index in [1.54, 1.807) is 11.3 Å². The second-order valence-electron chi connectivity index (χ2n) is 4.02. The van der Waals surface area contributed by atoms with Crippen molar-refractivity contribution in [3.05, 3.63) is 30.1 Å². The summed E-state index contributed by atoms with van der Waals surface area (Å²) in [6.07, 6.45) is 2.54. The predicted molar refractivity (Wildman–Crippen MR) is 60.3 cm³/mol. The van der Waals surface area contributed by atoms with Gasteiger partial charge in [-0.1, -0.05) is 23.5 Å². The van der Waals surface area contributed by atoms with E-state index in [0.717, 1.165) is 10.8 Å². The fourth-order valence-electron chi connectivity index (χ4n) is 2.01. The standard InChI is InChI=1S/C11H9N3S/c1-2-4-9-8(3-1)14-10(7-5-6-7)12-13-11(14)15-9/h1-4,7H,5-6H2. The normalized spacial score (nSPS) is 16.5. The summed E-state index contributed by atoms with van der Waals surface area (Å²) in [5.74, 6) is 1.81. The van der Waals surface area contributed by atoms with Crippen LogP contribution in [0, 0.1) is 0 Å². The zero-order valence-corrected chi connectivity index (χ0v) is 8.87. The third-order valence-corrected chi connectivity index (χ3v) is 3.92. The van der Waals surface area contributed by atoms with E-state index in [0.29, 0.717) is 5.92 Å². The van der Waals surface area contributed by atoms with Crippen molar-refractivity contribution >= 4 is 26.5 Å². The van der Waals surface area contributed by atoms with Crippen LogP contribution >= 0.6 is 11.3 Å². The van der Waals surface area contributed by atoms with E-state index < -0.39 is 0 Å². The molecule has 15 heavy (non-hydrogen) atoms. The Morgan fingerprint density at radius 3 is 2.93 bits per heavy atom. The van der Waals surface area contributed by atoms with Gasteiger partial charge in [0.1, 0.15) is 5.82 Å². The van der Waals surface area contributed by atoms with Crippen molar-refractivity contribution in [3.63, 3.8) is 0 Å². The fraction of sp³-hybridized carbons (Fsp3) is 0.273. The number of benzene rings is 1. The SMILES string of the molecule is c1ccc2c(c1)sc1nnc(C3CC3)n12. The molecule has 3 nitrogen and oxygen atoms in total. The van der Waals surface area contributed by atoms with Crippen molar-refractivity contribution in [3.8, 4) is 0 Å². The van der Waals surface area contributed by atoms with Crippen LogP contribution in [0.2, 0.25) is 0 Å². The monoisotopic (exact) mass is 215 g/mol. The molecule has 4 heteroatoms. The molecule has 0 bridgehead atoms. The van der Waals surface area contributed by atoms with Crippen LogP contribution in [-0.4, -0.2) is 14.6 Å². The summed E-state index contributed by atoms with van der Waals surface area (Å²) < 4.78 is 3.52. The highest BCUT2D eigenvalue weighted by Gasteiger charge is 2.29. The highest BCUT2D eigenvalue weighted by molar-refractivity contribution is 7.23. The van der Waals surface area contributed by atoms with Crippen molar-refractivity contribution in [2.75, 3.05) is 0 Å². The van der Waals surface area contributed by atoms with Gasteiger partial charge in [-0.3, -0.25) is 4.40 Å². The van der Waals surface area contributed by atoms with Crippen LogP contribution in [0.15, 0.2) is 24.3 Å². The highest BCUT2D eigenvalue weighted by atomic mass is 32.1. The van der Waals surface area contributed by atoms with Crippen LogP contribution in [0.3, 0.4) is 0 Å². The number of nitrogens with zero attached hydrogens (tertiary/aromatic N) is 3. The first kappa shape index (κ1) is 7.82. The molecule has 0 saturated heterocycles. The zero-order valence-electron chi connectivity index (χ0n) is 8.05. The molecule has 0 radical (unpaired) electrons. The first-order valence-electron chi connectivity index (χ1n) is 5.16. The van der Waals surface area contributed by atoms with E-state index in [1.165, 1.54) is 23.1 Å². The summed E-state index contributed by atoms with van der Waals surface area (Å²) in [7, 11) is 0. The van der Waals surface area contributed by atoms with E-state index in [-0.39, 0.29) is 0 Å². The van der Waals surface area contributed by atoms with Gasteiger partial charge in [0.25, 0.3) is 0 Å². The number of rotatable bonds is 1. The largest absolute Gasteiger partial charge is 0.269 e. The topological polar surface area (TPSA) is 30.2 Å². The zero-order chi connectivity index (χ0) is 9.83. The average Bonchev–Trinajstić information content (AvgIpc) is 2.91. The van der Waals surface area contributed by atoms with Crippen LogP contribution in [-0.2, 0) is 0 Å². The highest BCUT2D eigenvalue weighted by Crippen LogP contribution is 2.40. The number of aromatic nitrogens is 3. The first-order chi connectivity index (χ1) is 7.43. The molecule has 1 aromatic carbocycles. The lowest BCUT2D eigenvalue weighted by Crippen LogP contribution is -1.89. The van der Waals surface area contributed by atoms with Gasteiger partial charge in [-0.05, 0) is 25.0 Å². The Morgan fingerprint density at radius 1 is 1.20 bits per heavy atom. The van der Waals surface area contributed by atoms with Crippen molar-refractivity contribution in [2.45, 2.75) is 18.8 Å². The molecule has 0 spiro atoms. The molecule has 1 saturated carbocycles. The second kappa shape index (κ2) is 2.58. The van der Waals surface area contributed by atoms with Gasteiger partial charge in [0.15, 0.2) is 0 Å². The molecule has 0 unspecified atom stereocenters. The molecule has 0 amide bonds. The summed E-state index contributed by atoms with van der Waals surface area (Å²) in [5.41, 5.74) is 1.25. The molecule has 74 valence electrons. The third kappa shape index (κ3) is 0.997. The first-order valence-corrected chi connectivity index (χ1v) is 5.98. The van der Waals surface area contributed by atoms with Gasteiger partial charge in [0, 0.05) is 5.92 Å².